The first-order valence-electron chi connectivity index (χ1n) is 7.24. The van der Waals surface area contributed by atoms with Crippen LogP contribution in [0.2, 0.25) is 0 Å². The topological polar surface area (TPSA) is 38.1 Å². The summed E-state index contributed by atoms with van der Waals surface area (Å²) in [6, 6.07) is 9.56. The van der Waals surface area contributed by atoms with E-state index in [1.165, 1.54) is 12.8 Å². The first kappa shape index (κ1) is 12.9. The van der Waals surface area contributed by atoms with Crippen LogP contribution >= 0.6 is 0 Å². The van der Waals surface area contributed by atoms with E-state index in [0.717, 1.165) is 37.2 Å². The van der Waals surface area contributed by atoms with Gasteiger partial charge in [-0.05, 0) is 43.2 Å². The monoisotopic (exact) mass is 269 g/mol. The maximum absolute atomic E-state index is 12.5. The molecular weight excluding hydrogens is 250 g/mol. The van der Waals surface area contributed by atoms with Crippen molar-refractivity contribution < 1.29 is 4.79 Å². The van der Waals surface area contributed by atoms with Gasteiger partial charge in [-0.2, -0.15) is 5.10 Å². The highest BCUT2D eigenvalue weighted by Crippen LogP contribution is 2.15. The van der Waals surface area contributed by atoms with Crippen molar-refractivity contribution in [2.75, 3.05) is 13.1 Å². The van der Waals surface area contributed by atoms with Gasteiger partial charge in [0.05, 0.1) is 5.69 Å². The summed E-state index contributed by atoms with van der Waals surface area (Å²) in [4.78, 5) is 14.4. The molecule has 4 nitrogen and oxygen atoms in total. The Labute approximate surface area is 119 Å². The molecule has 1 aliphatic rings. The lowest BCUT2D eigenvalue weighted by Crippen LogP contribution is -2.31. The first-order valence-corrected chi connectivity index (χ1v) is 7.24. The quantitative estimate of drug-likeness (QED) is 0.840. The Kier molecular flexibility index (Phi) is 3.81. The number of nitrogens with zero attached hydrogens (tertiary/aromatic N) is 3. The van der Waals surface area contributed by atoms with Gasteiger partial charge >= 0.3 is 0 Å². The van der Waals surface area contributed by atoms with Crippen LogP contribution in [0.25, 0.3) is 5.69 Å². The normalized spacial score (nSPS) is 15.9. The molecule has 1 aromatic carbocycles. The van der Waals surface area contributed by atoms with E-state index in [-0.39, 0.29) is 5.91 Å². The Morgan fingerprint density at radius 3 is 2.30 bits per heavy atom. The molecule has 0 unspecified atom stereocenters. The van der Waals surface area contributed by atoms with Crippen molar-refractivity contribution >= 4 is 5.91 Å². The molecule has 0 N–H and O–H groups in total. The van der Waals surface area contributed by atoms with E-state index < -0.39 is 0 Å². The smallest absolute Gasteiger partial charge is 0.253 e. The van der Waals surface area contributed by atoms with Gasteiger partial charge in [-0.15, -0.1) is 0 Å². The zero-order chi connectivity index (χ0) is 13.8. The summed E-state index contributed by atoms with van der Waals surface area (Å²) in [6.07, 6.45) is 8.36. The Balaban J connectivity index is 1.75. The number of aromatic nitrogens is 2. The molecule has 104 valence electrons. The molecule has 2 aromatic rings. The molecule has 3 rings (SSSR count). The van der Waals surface area contributed by atoms with Crippen molar-refractivity contribution in [1.29, 1.82) is 0 Å². The average molecular weight is 269 g/mol. The van der Waals surface area contributed by atoms with Gasteiger partial charge in [0.1, 0.15) is 0 Å². The Bertz CT molecular complexity index is 552. The van der Waals surface area contributed by atoms with Crippen LogP contribution < -0.4 is 0 Å². The summed E-state index contributed by atoms with van der Waals surface area (Å²) in [5.74, 6) is 0.152. The van der Waals surface area contributed by atoms with Crippen LogP contribution in [0.5, 0.6) is 0 Å². The van der Waals surface area contributed by atoms with Crippen LogP contribution in [0.4, 0.5) is 0 Å². The van der Waals surface area contributed by atoms with Gasteiger partial charge in [0.15, 0.2) is 0 Å². The zero-order valence-corrected chi connectivity index (χ0v) is 11.5. The highest BCUT2D eigenvalue weighted by molar-refractivity contribution is 5.94. The van der Waals surface area contributed by atoms with Crippen molar-refractivity contribution in [2.24, 2.45) is 0 Å². The maximum Gasteiger partial charge on any atom is 0.253 e. The lowest BCUT2D eigenvalue weighted by molar-refractivity contribution is 0.0761. The molecule has 0 bridgehead atoms. The zero-order valence-electron chi connectivity index (χ0n) is 11.5. The first-order chi connectivity index (χ1) is 9.84. The van der Waals surface area contributed by atoms with E-state index in [0.29, 0.717) is 0 Å². The minimum atomic E-state index is 0.152. The van der Waals surface area contributed by atoms with E-state index >= 15 is 0 Å². The third-order valence-electron chi connectivity index (χ3n) is 3.78. The minimum Gasteiger partial charge on any atom is -0.339 e. The van der Waals surface area contributed by atoms with Crippen LogP contribution in [0.3, 0.4) is 0 Å². The second-order valence-electron chi connectivity index (χ2n) is 5.20. The van der Waals surface area contributed by atoms with Gasteiger partial charge in [0.25, 0.3) is 5.91 Å². The van der Waals surface area contributed by atoms with Crippen molar-refractivity contribution in [3.05, 3.63) is 48.3 Å². The molecule has 1 amide bonds. The van der Waals surface area contributed by atoms with Crippen LogP contribution in [-0.2, 0) is 0 Å². The molecule has 1 aliphatic heterocycles. The predicted molar refractivity (Wildman–Crippen MR) is 77.9 cm³/mol. The molecule has 1 saturated heterocycles. The number of carbonyl (C=O) groups is 1. The summed E-state index contributed by atoms with van der Waals surface area (Å²) in [7, 11) is 0. The fraction of sp³-hybridized carbons (Fsp3) is 0.375. The van der Waals surface area contributed by atoms with Crippen LogP contribution in [0, 0.1) is 0 Å². The molecule has 1 fully saturated rings. The summed E-state index contributed by atoms with van der Waals surface area (Å²) < 4.78 is 1.79. The molecule has 4 heteroatoms. The van der Waals surface area contributed by atoms with Gasteiger partial charge < -0.3 is 4.90 Å². The van der Waals surface area contributed by atoms with E-state index in [1.54, 1.807) is 10.9 Å². The number of likely N-dealkylation sites (tertiary alicyclic amines) is 1. The largest absolute Gasteiger partial charge is 0.339 e. The van der Waals surface area contributed by atoms with E-state index in [2.05, 4.69) is 5.10 Å². The van der Waals surface area contributed by atoms with Gasteiger partial charge in [-0.3, -0.25) is 4.79 Å². The summed E-state index contributed by atoms with van der Waals surface area (Å²) in [5, 5.41) is 4.18. The van der Waals surface area contributed by atoms with E-state index in [9.17, 15) is 4.79 Å². The van der Waals surface area contributed by atoms with Crippen LogP contribution in [0.15, 0.2) is 42.7 Å². The van der Waals surface area contributed by atoms with Crippen molar-refractivity contribution in [1.82, 2.24) is 14.7 Å². The molecule has 20 heavy (non-hydrogen) atoms. The lowest BCUT2D eigenvalue weighted by atomic mass is 10.1. The number of amides is 1. The standard InChI is InChI=1S/C16H19N3O/c20-16(18-11-3-1-2-4-12-18)14-6-8-15(9-7-14)19-13-5-10-17-19/h5-10,13H,1-4,11-12H2. The van der Waals surface area contributed by atoms with Crippen molar-refractivity contribution in [3.8, 4) is 5.69 Å². The Morgan fingerprint density at radius 2 is 1.70 bits per heavy atom. The molecule has 2 heterocycles. The van der Waals surface area contributed by atoms with Gasteiger partial charge in [0, 0.05) is 31.0 Å². The summed E-state index contributed by atoms with van der Waals surface area (Å²) >= 11 is 0. The van der Waals surface area contributed by atoms with Crippen LogP contribution in [0.1, 0.15) is 36.0 Å². The van der Waals surface area contributed by atoms with E-state index in [4.69, 9.17) is 0 Å². The number of carbonyl (C=O) groups excluding carboxylic acids is 1. The minimum absolute atomic E-state index is 0.152. The molecule has 0 atom stereocenters. The fourth-order valence-corrected chi connectivity index (χ4v) is 2.63. The predicted octanol–water partition coefficient (Wildman–Crippen LogP) is 2.89. The number of rotatable bonds is 2. The number of hydrogen-bond acceptors (Lipinski definition) is 2. The molecule has 0 radical (unpaired) electrons. The summed E-state index contributed by atoms with van der Waals surface area (Å²) in [5.41, 5.74) is 1.74. The molecule has 0 spiro atoms. The van der Waals surface area contributed by atoms with Crippen LogP contribution in [-0.4, -0.2) is 33.7 Å². The SMILES string of the molecule is O=C(c1ccc(-n2cccn2)cc1)N1CCCCCC1. The molecule has 0 aliphatic carbocycles. The highest BCUT2D eigenvalue weighted by atomic mass is 16.2. The van der Waals surface area contributed by atoms with E-state index in [1.807, 2.05) is 41.4 Å². The van der Waals surface area contributed by atoms with Crippen molar-refractivity contribution in [2.45, 2.75) is 25.7 Å². The number of hydrogen-bond donors (Lipinski definition) is 0. The lowest BCUT2D eigenvalue weighted by Gasteiger charge is -2.20. The number of benzene rings is 1. The van der Waals surface area contributed by atoms with Gasteiger partial charge in [0.2, 0.25) is 0 Å². The third-order valence-corrected chi connectivity index (χ3v) is 3.78. The second-order valence-corrected chi connectivity index (χ2v) is 5.20. The third kappa shape index (κ3) is 2.74. The Morgan fingerprint density at radius 1 is 1.00 bits per heavy atom. The fourth-order valence-electron chi connectivity index (χ4n) is 2.63. The maximum atomic E-state index is 12.5. The average Bonchev–Trinajstić information content (AvgIpc) is 2.89. The second kappa shape index (κ2) is 5.90. The Hall–Kier alpha value is -2.10. The molecule has 1 aromatic heterocycles. The van der Waals surface area contributed by atoms with Gasteiger partial charge in [-0.1, -0.05) is 12.8 Å². The van der Waals surface area contributed by atoms with Crippen molar-refractivity contribution in [3.63, 3.8) is 0 Å². The highest BCUT2D eigenvalue weighted by Gasteiger charge is 2.17. The molecule has 0 saturated carbocycles. The molecular formula is C16H19N3O. The van der Waals surface area contributed by atoms with Gasteiger partial charge in [-0.25, -0.2) is 4.68 Å². The summed E-state index contributed by atoms with van der Waals surface area (Å²) in [6.45, 7) is 1.78.